The average molecular weight is 157 g/mol. The normalized spacial score (nSPS) is 36.5. The summed E-state index contributed by atoms with van der Waals surface area (Å²) in [5, 5.41) is 0. The molecule has 1 saturated heterocycles. The zero-order valence-electron chi connectivity index (χ0n) is 3.64. The summed E-state index contributed by atoms with van der Waals surface area (Å²) in [6, 6.07) is 0. The third-order valence-corrected chi connectivity index (χ3v) is 1.39. The van der Waals surface area contributed by atoms with E-state index in [1.807, 2.05) is 0 Å². The lowest BCUT2D eigenvalue weighted by Crippen LogP contribution is -2.07. The summed E-state index contributed by atoms with van der Waals surface area (Å²) < 4.78 is 8.49. The summed E-state index contributed by atoms with van der Waals surface area (Å²) in [7, 11) is 0. The number of ether oxygens (including phenoxy) is 2. The molecule has 0 spiro atoms. The largest absolute Gasteiger partial charge is 0.511 e. The van der Waals surface area contributed by atoms with Crippen molar-refractivity contribution in [3.05, 3.63) is 0 Å². The lowest BCUT2D eigenvalue weighted by molar-refractivity contribution is 0.126. The van der Waals surface area contributed by atoms with Gasteiger partial charge in [-0.1, -0.05) is 23.2 Å². The van der Waals surface area contributed by atoms with Crippen molar-refractivity contribution in [3.8, 4) is 0 Å². The Hall–Kier alpha value is -0.150. The smallest absolute Gasteiger partial charge is 0.409 e. The monoisotopic (exact) mass is 156 g/mol. The number of rotatable bonds is 0. The van der Waals surface area contributed by atoms with E-state index in [0.29, 0.717) is 0 Å². The molecule has 1 heterocycles. The molecule has 0 amide bonds. The van der Waals surface area contributed by atoms with Crippen molar-refractivity contribution in [3.63, 3.8) is 0 Å². The first-order valence-electron chi connectivity index (χ1n) is 1.85. The van der Waals surface area contributed by atoms with Crippen molar-refractivity contribution < 1.29 is 14.3 Å². The first-order chi connectivity index (χ1) is 3.70. The molecule has 8 heavy (non-hydrogen) atoms. The van der Waals surface area contributed by atoms with Gasteiger partial charge < -0.3 is 9.47 Å². The lowest BCUT2D eigenvalue weighted by Gasteiger charge is -1.95. The molecule has 0 aromatic rings. The van der Waals surface area contributed by atoms with E-state index in [1.165, 1.54) is 0 Å². The second-order valence-electron chi connectivity index (χ2n) is 1.19. The van der Waals surface area contributed by atoms with E-state index >= 15 is 0 Å². The number of carbonyl (C=O) groups is 1. The fourth-order valence-electron chi connectivity index (χ4n) is 0.319. The van der Waals surface area contributed by atoms with E-state index in [2.05, 4.69) is 9.47 Å². The maximum atomic E-state index is 10.1. The zero-order chi connectivity index (χ0) is 6.15. The van der Waals surface area contributed by atoms with E-state index in [-0.39, 0.29) is 0 Å². The Balaban J connectivity index is 2.51. The third-order valence-electron chi connectivity index (χ3n) is 0.624. The van der Waals surface area contributed by atoms with Gasteiger partial charge in [0, 0.05) is 0 Å². The molecule has 0 saturated carbocycles. The maximum absolute atomic E-state index is 10.1. The quantitative estimate of drug-likeness (QED) is 0.392. The van der Waals surface area contributed by atoms with Crippen LogP contribution in [0.5, 0.6) is 0 Å². The van der Waals surface area contributed by atoms with Crippen molar-refractivity contribution in [1.29, 1.82) is 0 Å². The molecule has 1 aliphatic rings. The highest BCUT2D eigenvalue weighted by molar-refractivity contribution is 6.29. The van der Waals surface area contributed by atoms with E-state index in [4.69, 9.17) is 23.2 Å². The van der Waals surface area contributed by atoms with Gasteiger partial charge >= 0.3 is 6.16 Å². The highest BCUT2D eigenvalue weighted by Gasteiger charge is 2.32. The van der Waals surface area contributed by atoms with E-state index in [1.54, 1.807) is 0 Å². The number of alkyl halides is 2. The van der Waals surface area contributed by atoms with Gasteiger partial charge in [-0.2, -0.15) is 0 Å². The molecule has 0 aliphatic carbocycles. The van der Waals surface area contributed by atoms with Crippen LogP contribution in [0, 0.1) is 0 Å². The molecule has 0 N–H and O–H groups in total. The predicted molar refractivity (Wildman–Crippen MR) is 26.8 cm³/mol. The van der Waals surface area contributed by atoms with Gasteiger partial charge in [0.2, 0.25) is 11.1 Å². The second kappa shape index (κ2) is 1.99. The summed E-state index contributed by atoms with van der Waals surface area (Å²) >= 11 is 10.5. The fraction of sp³-hybridized carbons (Fsp3) is 0.667. The SMILES string of the molecule is O=C1O[C@@H](Cl)[C@H](Cl)O1. The van der Waals surface area contributed by atoms with Gasteiger partial charge in [0.05, 0.1) is 0 Å². The lowest BCUT2D eigenvalue weighted by atomic mass is 10.8. The Morgan fingerprint density at radius 3 is 1.75 bits per heavy atom. The minimum absolute atomic E-state index is 0.815. The molecule has 0 aromatic heterocycles. The Bertz CT molecular complexity index is 103. The van der Waals surface area contributed by atoms with Gasteiger partial charge in [0.15, 0.2) is 0 Å². The standard InChI is InChI=1S/C3H2Cl2O3/c4-1-2(5)8-3(6)7-1/h1-2H/t1-,2-/m1/s1. The van der Waals surface area contributed by atoms with Crippen molar-refractivity contribution in [2.24, 2.45) is 0 Å². The van der Waals surface area contributed by atoms with Crippen LogP contribution in [-0.4, -0.2) is 17.3 Å². The first kappa shape index (κ1) is 5.98. The van der Waals surface area contributed by atoms with Crippen LogP contribution >= 0.6 is 23.2 Å². The number of hydrogen-bond acceptors (Lipinski definition) is 3. The average Bonchev–Trinajstić information content (AvgIpc) is 1.85. The van der Waals surface area contributed by atoms with E-state index in [9.17, 15) is 4.79 Å². The molecular formula is C3H2Cl2O3. The van der Waals surface area contributed by atoms with Crippen LogP contribution in [0.4, 0.5) is 4.79 Å². The van der Waals surface area contributed by atoms with Crippen molar-refractivity contribution >= 4 is 29.4 Å². The molecule has 1 aliphatic heterocycles. The zero-order valence-corrected chi connectivity index (χ0v) is 5.15. The van der Waals surface area contributed by atoms with Gasteiger partial charge in [0.25, 0.3) is 0 Å². The number of carbonyl (C=O) groups excluding carboxylic acids is 1. The van der Waals surface area contributed by atoms with Gasteiger partial charge in [-0.05, 0) is 0 Å². The molecule has 1 fully saturated rings. The molecule has 0 radical (unpaired) electrons. The Morgan fingerprint density at radius 2 is 1.62 bits per heavy atom. The van der Waals surface area contributed by atoms with E-state index < -0.39 is 17.3 Å². The number of cyclic esters (lactones) is 2. The van der Waals surface area contributed by atoms with Crippen LogP contribution in [0.25, 0.3) is 0 Å². The first-order valence-corrected chi connectivity index (χ1v) is 2.73. The third kappa shape index (κ3) is 0.980. The topological polar surface area (TPSA) is 35.5 Å². The predicted octanol–water partition coefficient (Wildman–Crippen LogP) is 1.28. The van der Waals surface area contributed by atoms with Crippen LogP contribution in [0.15, 0.2) is 0 Å². The summed E-state index contributed by atoms with van der Waals surface area (Å²) in [5.41, 5.74) is -1.69. The van der Waals surface area contributed by atoms with Crippen LogP contribution < -0.4 is 0 Å². The van der Waals surface area contributed by atoms with Gasteiger partial charge in [0.1, 0.15) is 0 Å². The van der Waals surface area contributed by atoms with Crippen molar-refractivity contribution in [2.45, 2.75) is 11.1 Å². The Labute approximate surface area is 55.5 Å². The van der Waals surface area contributed by atoms with Gasteiger partial charge in [-0.25, -0.2) is 4.79 Å². The van der Waals surface area contributed by atoms with Crippen LogP contribution in [-0.2, 0) is 9.47 Å². The van der Waals surface area contributed by atoms with Crippen LogP contribution in [0.3, 0.4) is 0 Å². The molecule has 5 heteroatoms. The summed E-state index contributed by atoms with van der Waals surface area (Å²) in [4.78, 5) is 10.1. The molecule has 0 aromatic carbocycles. The Kier molecular flexibility index (Phi) is 1.49. The van der Waals surface area contributed by atoms with Gasteiger partial charge in [-0.15, -0.1) is 0 Å². The van der Waals surface area contributed by atoms with Gasteiger partial charge in [-0.3, -0.25) is 0 Å². The summed E-state index contributed by atoms with van der Waals surface area (Å²) in [6.45, 7) is 0. The molecule has 2 atom stereocenters. The summed E-state index contributed by atoms with van der Waals surface area (Å²) in [6.07, 6.45) is -0.815. The molecule has 0 bridgehead atoms. The molecular weight excluding hydrogens is 155 g/mol. The molecule has 3 nitrogen and oxygen atoms in total. The van der Waals surface area contributed by atoms with Crippen molar-refractivity contribution in [1.82, 2.24) is 0 Å². The highest BCUT2D eigenvalue weighted by Crippen LogP contribution is 2.20. The van der Waals surface area contributed by atoms with Crippen molar-refractivity contribution in [2.75, 3.05) is 0 Å². The van der Waals surface area contributed by atoms with Crippen LogP contribution in [0.2, 0.25) is 0 Å². The highest BCUT2D eigenvalue weighted by atomic mass is 35.5. The van der Waals surface area contributed by atoms with E-state index in [0.717, 1.165) is 0 Å². The van der Waals surface area contributed by atoms with Crippen LogP contribution in [0.1, 0.15) is 0 Å². The number of halogens is 2. The maximum Gasteiger partial charge on any atom is 0.511 e. The second-order valence-corrected chi connectivity index (χ2v) is 2.05. The minimum atomic E-state index is -0.843. The Morgan fingerprint density at radius 1 is 1.25 bits per heavy atom. The fourth-order valence-corrected chi connectivity index (χ4v) is 0.567. The molecule has 0 unspecified atom stereocenters. The molecule has 1 rings (SSSR count). The molecule has 46 valence electrons. The number of hydrogen-bond donors (Lipinski definition) is 0. The minimum Gasteiger partial charge on any atom is -0.409 e. The summed E-state index contributed by atoms with van der Waals surface area (Å²) in [5.74, 6) is 0.